The van der Waals surface area contributed by atoms with E-state index in [4.69, 9.17) is 0 Å². The van der Waals surface area contributed by atoms with Gasteiger partial charge in [-0.1, -0.05) is 98.8 Å². The number of hydrogen-bond donors (Lipinski definition) is 0. The normalized spacial score (nSPS) is 13.2. The summed E-state index contributed by atoms with van der Waals surface area (Å²) in [4.78, 5) is 2.38. The van der Waals surface area contributed by atoms with Crippen molar-refractivity contribution in [2.24, 2.45) is 0 Å². The van der Waals surface area contributed by atoms with E-state index in [1.807, 2.05) is 0 Å². The fourth-order valence-electron chi connectivity index (χ4n) is 5.48. The first-order valence-corrected chi connectivity index (χ1v) is 12.3. The Morgan fingerprint density at radius 2 is 1.11 bits per heavy atom. The molecule has 1 heteroatoms. The second kappa shape index (κ2) is 8.29. The second-order valence-corrected chi connectivity index (χ2v) is 9.99. The van der Waals surface area contributed by atoms with Crippen molar-refractivity contribution < 1.29 is 0 Å². The number of fused-ring (bicyclic) bond motifs is 3. The van der Waals surface area contributed by atoms with Gasteiger partial charge in [0.25, 0.3) is 0 Å². The van der Waals surface area contributed by atoms with Crippen LogP contribution >= 0.6 is 0 Å². The molecule has 0 saturated heterocycles. The van der Waals surface area contributed by atoms with Crippen molar-refractivity contribution in [2.75, 3.05) is 4.90 Å². The van der Waals surface area contributed by atoms with Gasteiger partial charge in [0.1, 0.15) is 0 Å². The molecule has 5 aromatic carbocycles. The van der Waals surface area contributed by atoms with Crippen molar-refractivity contribution in [3.63, 3.8) is 0 Å². The topological polar surface area (TPSA) is 3.24 Å². The Labute approximate surface area is 208 Å². The van der Waals surface area contributed by atoms with E-state index in [1.165, 1.54) is 50.3 Å². The first-order chi connectivity index (χ1) is 17.0. The highest BCUT2D eigenvalue weighted by Crippen LogP contribution is 2.50. The third-order valence-corrected chi connectivity index (χ3v) is 7.32. The average Bonchev–Trinajstić information content (AvgIpc) is 3.12. The number of rotatable bonds is 4. The molecular weight excluding hydrogens is 422 g/mol. The summed E-state index contributed by atoms with van der Waals surface area (Å²) < 4.78 is 0. The lowest BCUT2D eigenvalue weighted by molar-refractivity contribution is 0.660. The molecule has 0 N–H and O–H groups in total. The molecule has 0 heterocycles. The quantitative estimate of drug-likeness (QED) is 0.263. The minimum atomic E-state index is -0.0304. The standard InChI is InChI=1S/C34H29N/c1-24-10-9-13-28(22-24)35(27-18-16-26(17-19-27)25-11-5-4-6-12-25)29-20-21-31-30-14-7-8-15-32(30)34(2,3)33(31)23-29/h4-23H,1-3H3. The lowest BCUT2D eigenvalue weighted by Crippen LogP contribution is -2.16. The highest BCUT2D eigenvalue weighted by Gasteiger charge is 2.35. The molecule has 0 aromatic heterocycles. The van der Waals surface area contributed by atoms with Crippen molar-refractivity contribution in [1.29, 1.82) is 0 Å². The van der Waals surface area contributed by atoms with Crippen LogP contribution in [0.25, 0.3) is 22.3 Å². The highest BCUT2D eigenvalue weighted by molar-refractivity contribution is 5.86. The number of hydrogen-bond acceptors (Lipinski definition) is 1. The molecule has 1 aliphatic carbocycles. The molecule has 0 radical (unpaired) electrons. The maximum absolute atomic E-state index is 2.39. The van der Waals surface area contributed by atoms with Gasteiger partial charge in [-0.2, -0.15) is 0 Å². The molecule has 0 unspecified atom stereocenters. The first-order valence-electron chi connectivity index (χ1n) is 12.3. The van der Waals surface area contributed by atoms with Crippen LogP contribution in [0.3, 0.4) is 0 Å². The molecule has 0 saturated carbocycles. The van der Waals surface area contributed by atoms with E-state index in [2.05, 4.69) is 147 Å². The van der Waals surface area contributed by atoms with Crippen LogP contribution in [-0.4, -0.2) is 0 Å². The minimum absolute atomic E-state index is 0.0304. The zero-order valence-electron chi connectivity index (χ0n) is 20.5. The summed E-state index contributed by atoms with van der Waals surface area (Å²) in [6.07, 6.45) is 0. The van der Waals surface area contributed by atoms with Gasteiger partial charge in [0, 0.05) is 22.5 Å². The summed E-state index contributed by atoms with van der Waals surface area (Å²) in [5, 5.41) is 0. The second-order valence-electron chi connectivity index (χ2n) is 9.99. The lowest BCUT2D eigenvalue weighted by atomic mass is 9.82. The summed E-state index contributed by atoms with van der Waals surface area (Å²) in [6.45, 7) is 6.84. The van der Waals surface area contributed by atoms with Crippen molar-refractivity contribution in [1.82, 2.24) is 0 Å². The van der Waals surface area contributed by atoms with E-state index in [9.17, 15) is 0 Å². The molecule has 0 atom stereocenters. The summed E-state index contributed by atoms with van der Waals surface area (Å²) >= 11 is 0. The molecule has 0 amide bonds. The molecule has 0 bridgehead atoms. The summed E-state index contributed by atoms with van der Waals surface area (Å²) in [7, 11) is 0. The van der Waals surface area contributed by atoms with Gasteiger partial charge in [0.2, 0.25) is 0 Å². The molecular formula is C34H29N. The van der Waals surface area contributed by atoms with Crippen molar-refractivity contribution >= 4 is 17.1 Å². The molecule has 170 valence electrons. The summed E-state index contributed by atoms with van der Waals surface area (Å²) in [5.41, 5.74) is 12.7. The number of aryl methyl sites for hydroxylation is 1. The average molecular weight is 452 g/mol. The molecule has 1 nitrogen and oxygen atoms in total. The molecule has 1 aliphatic rings. The lowest BCUT2D eigenvalue weighted by Gasteiger charge is -2.28. The predicted molar refractivity (Wildman–Crippen MR) is 149 cm³/mol. The summed E-state index contributed by atoms with van der Waals surface area (Å²) in [6, 6.07) is 44.0. The van der Waals surface area contributed by atoms with Crippen LogP contribution in [0.5, 0.6) is 0 Å². The predicted octanol–water partition coefficient (Wildman–Crippen LogP) is 9.44. The Hall–Kier alpha value is -4.10. The zero-order chi connectivity index (χ0) is 24.0. The van der Waals surface area contributed by atoms with E-state index < -0.39 is 0 Å². The van der Waals surface area contributed by atoms with Crippen LogP contribution < -0.4 is 4.90 Å². The SMILES string of the molecule is Cc1cccc(N(c2ccc(-c3ccccc3)cc2)c2ccc3c(c2)C(C)(C)c2ccccc2-3)c1. The van der Waals surface area contributed by atoms with Crippen LogP contribution in [-0.2, 0) is 5.41 Å². The number of nitrogens with zero attached hydrogens (tertiary/aromatic N) is 1. The van der Waals surface area contributed by atoms with E-state index in [0.29, 0.717) is 0 Å². The first kappa shape index (κ1) is 21.4. The van der Waals surface area contributed by atoms with Crippen molar-refractivity contribution in [2.45, 2.75) is 26.2 Å². The van der Waals surface area contributed by atoms with E-state index >= 15 is 0 Å². The van der Waals surface area contributed by atoms with Crippen molar-refractivity contribution in [3.05, 3.63) is 138 Å². The minimum Gasteiger partial charge on any atom is -0.310 e. The van der Waals surface area contributed by atoms with Gasteiger partial charge in [0.05, 0.1) is 0 Å². The Balaban J connectivity index is 1.48. The number of benzene rings is 5. The Morgan fingerprint density at radius 1 is 0.486 bits per heavy atom. The smallest absolute Gasteiger partial charge is 0.0465 e. The largest absolute Gasteiger partial charge is 0.310 e. The fraction of sp³-hybridized carbons (Fsp3) is 0.118. The molecule has 35 heavy (non-hydrogen) atoms. The molecule has 5 aromatic rings. The van der Waals surface area contributed by atoms with Gasteiger partial charge in [0.15, 0.2) is 0 Å². The highest BCUT2D eigenvalue weighted by atomic mass is 15.1. The van der Waals surface area contributed by atoms with Gasteiger partial charge >= 0.3 is 0 Å². The van der Waals surface area contributed by atoms with Gasteiger partial charge < -0.3 is 4.90 Å². The van der Waals surface area contributed by atoms with Gasteiger partial charge in [-0.05, 0) is 82.3 Å². The van der Waals surface area contributed by atoms with Crippen LogP contribution in [0.2, 0.25) is 0 Å². The van der Waals surface area contributed by atoms with Gasteiger partial charge in [-0.3, -0.25) is 0 Å². The maximum Gasteiger partial charge on any atom is 0.0465 e. The third-order valence-electron chi connectivity index (χ3n) is 7.32. The monoisotopic (exact) mass is 451 g/mol. The van der Waals surface area contributed by atoms with E-state index in [0.717, 1.165) is 5.69 Å². The molecule has 0 fully saturated rings. The van der Waals surface area contributed by atoms with Crippen LogP contribution in [0.15, 0.2) is 121 Å². The molecule has 6 rings (SSSR count). The van der Waals surface area contributed by atoms with Crippen LogP contribution in [0, 0.1) is 6.92 Å². The number of anilines is 3. The van der Waals surface area contributed by atoms with E-state index in [1.54, 1.807) is 0 Å². The van der Waals surface area contributed by atoms with Crippen LogP contribution in [0.4, 0.5) is 17.1 Å². The Kier molecular flexibility index (Phi) is 5.07. The van der Waals surface area contributed by atoms with E-state index in [-0.39, 0.29) is 5.41 Å². The Bertz CT molecular complexity index is 1510. The van der Waals surface area contributed by atoms with Crippen LogP contribution in [0.1, 0.15) is 30.5 Å². The van der Waals surface area contributed by atoms with Gasteiger partial charge in [-0.25, -0.2) is 0 Å². The molecule has 0 spiro atoms. The van der Waals surface area contributed by atoms with Gasteiger partial charge in [-0.15, -0.1) is 0 Å². The Morgan fingerprint density at radius 3 is 1.89 bits per heavy atom. The molecule has 0 aliphatic heterocycles. The third kappa shape index (κ3) is 3.65. The maximum atomic E-state index is 2.39. The van der Waals surface area contributed by atoms with Crippen molar-refractivity contribution in [3.8, 4) is 22.3 Å². The summed E-state index contributed by atoms with van der Waals surface area (Å²) in [5.74, 6) is 0. The fourth-order valence-corrected chi connectivity index (χ4v) is 5.48. The zero-order valence-corrected chi connectivity index (χ0v) is 20.5.